The van der Waals surface area contributed by atoms with E-state index in [-0.39, 0.29) is 0 Å². The minimum atomic E-state index is -0.906. The fourth-order valence-electron chi connectivity index (χ4n) is 1.18. The van der Waals surface area contributed by atoms with Crippen LogP contribution in [0.1, 0.15) is 10.4 Å². The van der Waals surface area contributed by atoms with Crippen LogP contribution in [-0.2, 0) is 4.74 Å². The Morgan fingerprint density at radius 2 is 2.43 bits per heavy atom. The number of hydrogen-bond acceptors (Lipinski definition) is 3. The monoisotopic (exact) mass is 193 g/mol. The summed E-state index contributed by atoms with van der Waals surface area (Å²) in [5.41, 5.74) is 1.12. The first-order chi connectivity index (χ1) is 6.75. The zero-order valence-corrected chi connectivity index (χ0v) is 7.56. The zero-order chi connectivity index (χ0) is 9.97. The lowest BCUT2D eigenvalue weighted by Crippen LogP contribution is -2.08. The van der Waals surface area contributed by atoms with Gasteiger partial charge in [-0.2, -0.15) is 0 Å². The molecule has 74 valence electrons. The number of carboxylic acids is 1. The van der Waals surface area contributed by atoms with E-state index in [0.29, 0.717) is 11.7 Å². The molecule has 0 unspecified atom stereocenters. The van der Waals surface area contributed by atoms with Crippen LogP contribution in [0.3, 0.4) is 0 Å². The number of rotatable bonds is 4. The highest BCUT2D eigenvalue weighted by Crippen LogP contribution is 2.13. The summed E-state index contributed by atoms with van der Waals surface area (Å²) in [7, 11) is 0. The van der Waals surface area contributed by atoms with Crippen LogP contribution in [0.5, 0.6) is 0 Å². The molecule has 0 aromatic heterocycles. The van der Waals surface area contributed by atoms with E-state index in [2.05, 4.69) is 5.32 Å². The second kappa shape index (κ2) is 3.67. The van der Waals surface area contributed by atoms with Gasteiger partial charge in [0.05, 0.1) is 18.3 Å². The Labute approximate surface area is 81.5 Å². The predicted molar refractivity (Wildman–Crippen MR) is 51.6 cm³/mol. The van der Waals surface area contributed by atoms with Crippen LogP contribution in [0.15, 0.2) is 24.3 Å². The second-order valence-electron chi connectivity index (χ2n) is 3.22. The van der Waals surface area contributed by atoms with Crippen LogP contribution in [0.25, 0.3) is 0 Å². The van der Waals surface area contributed by atoms with Gasteiger partial charge >= 0.3 is 5.97 Å². The van der Waals surface area contributed by atoms with E-state index in [1.807, 2.05) is 6.07 Å². The first-order valence-corrected chi connectivity index (χ1v) is 4.44. The van der Waals surface area contributed by atoms with E-state index >= 15 is 0 Å². The van der Waals surface area contributed by atoms with Crippen molar-refractivity contribution in [1.29, 1.82) is 0 Å². The van der Waals surface area contributed by atoms with Crippen LogP contribution >= 0.6 is 0 Å². The van der Waals surface area contributed by atoms with Crippen molar-refractivity contribution < 1.29 is 14.6 Å². The number of carboxylic acid groups (broad SMARTS) is 1. The molecule has 1 fully saturated rings. The fraction of sp³-hybridized carbons (Fsp3) is 0.300. The molecule has 1 aliphatic rings. The summed E-state index contributed by atoms with van der Waals surface area (Å²) in [6, 6.07) is 6.75. The summed E-state index contributed by atoms with van der Waals surface area (Å²) in [4.78, 5) is 10.7. The first-order valence-electron chi connectivity index (χ1n) is 4.44. The summed E-state index contributed by atoms with van der Waals surface area (Å²) >= 11 is 0. The van der Waals surface area contributed by atoms with E-state index in [1.54, 1.807) is 18.2 Å². The van der Waals surface area contributed by atoms with E-state index < -0.39 is 5.97 Å². The number of carbonyl (C=O) groups is 1. The molecule has 0 amide bonds. The average Bonchev–Trinajstić information content (AvgIpc) is 2.99. The number of aromatic carboxylic acids is 1. The van der Waals surface area contributed by atoms with Crippen molar-refractivity contribution in [2.24, 2.45) is 0 Å². The Kier molecular flexibility index (Phi) is 2.37. The molecule has 2 rings (SSSR count). The van der Waals surface area contributed by atoms with Gasteiger partial charge in [0, 0.05) is 12.2 Å². The maximum atomic E-state index is 10.7. The summed E-state index contributed by atoms with van der Waals surface area (Å²) in [6.07, 6.45) is 0.295. The number of ether oxygens (including phenoxy) is 1. The number of nitrogens with one attached hydrogen (secondary N) is 1. The van der Waals surface area contributed by atoms with Gasteiger partial charge in [0.2, 0.25) is 0 Å². The molecule has 0 radical (unpaired) electrons. The third-order valence-electron chi connectivity index (χ3n) is 2.05. The fourth-order valence-corrected chi connectivity index (χ4v) is 1.18. The molecule has 4 heteroatoms. The van der Waals surface area contributed by atoms with Crippen LogP contribution < -0.4 is 5.32 Å². The Morgan fingerprint density at radius 1 is 1.64 bits per heavy atom. The van der Waals surface area contributed by atoms with Gasteiger partial charge in [0.25, 0.3) is 0 Å². The number of anilines is 1. The normalized spacial score (nSPS) is 19.0. The van der Waals surface area contributed by atoms with Gasteiger partial charge in [-0.1, -0.05) is 6.07 Å². The summed E-state index contributed by atoms with van der Waals surface area (Å²) < 4.78 is 5.03. The van der Waals surface area contributed by atoms with E-state index in [0.717, 1.165) is 18.8 Å². The van der Waals surface area contributed by atoms with Crippen molar-refractivity contribution in [2.45, 2.75) is 6.10 Å². The lowest BCUT2D eigenvalue weighted by Gasteiger charge is -2.04. The minimum Gasteiger partial charge on any atom is -0.478 e. The third kappa shape index (κ3) is 2.23. The molecular weight excluding hydrogens is 182 g/mol. The molecule has 14 heavy (non-hydrogen) atoms. The van der Waals surface area contributed by atoms with Crippen LogP contribution in [0.2, 0.25) is 0 Å². The molecule has 1 saturated heterocycles. The van der Waals surface area contributed by atoms with E-state index in [4.69, 9.17) is 9.84 Å². The number of benzene rings is 1. The molecule has 1 atom stereocenters. The summed E-state index contributed by atoms with van der Waals surface area (Å²) in [6.45, 7) is 1.54. The van der Waals surface area contributed by atoms with Crippen molar-refractivity contribution in [3.8, 4) is 0 Å². The summed E-state index contributed by atoms with van der Waals surface area (Å²) in [5, 5.41) is 11.9. The Balaban J connectivity index is 2.01. The van der Waals surface area contributed by atoms with E-state index in [1.165, 1.54) is 0 Å². The molecule has 2 N–H and O–H groups in total. The van der Waals surface area contributed by atoms with Gasteiger partial charge in [-0.15, -0.1) is 0 Å². The molecule has 0 spiro atoms. The lowest BCUT2D eigenvalue weighted by molar-refractivity contribution is 0.0697. The SMILES string of the molecule is O=C(O)c1cccc(NC[C@@H]2CO2)c1. The molecule has 0 aliphatic carbocycles. The first kappa shape index (κ1) is 9.02. The summed E-state index contributed by atoms with van der Waals surface area (Å²) in [5.74, 6) is -0.906. The van der Waals surface area contributed by atoms with Crippen molar-refractivity contribution >= 4 is 11.7 Å². The quantitative estimate of drug-likeness (QED) is 0.705. The van der Waals surface area contributed by atoms with Crippen molar-refractivity contribution in [2.75, 3.05) is 18.5 Å². The Hall–Kier alpha value is -1.55. The Bertz CT molecular complexity index is 347. The highest BCUT2D eigenvalue weighted by atomic mass is 16.6. The van der Waals surface area contributed by atoms with Crippen molar-refractivity contribution in [3.05, 3.63) is 29.8 Å². The van der Waals surface area contributed by atoms with Crippen LogP contribution in [-0.4, -0.2) is 30.3 Å². The Morgan fingerprint density at radius 3 is 3.07 bits per heavy atom. The number of epoxide rings is 1. The van der Waals surface area contributed by atoms with Gasteiger partial charge in [-0.05, 0) is 18.2 Å². The minimum absolute atomic E-state index is 0.295. The van der Waals surface area contributed by atoms with Gasteiger partial charge in [-0.25, -0.2) is 4.79 Å². The predicted octanol–water partition coefficient (Wildman–Crippen LogP) is 1.20. The molecule has 4 nitrogen and oxygen atoms in total. The molecule has 0 bridgehead atoms. The largest absolute Gasteiger partial charge is 0.478 e. The third-order valence-corrected chi connectivity index (χ3v) is 2.05. The van der Waals surface area contributed by atoms with Crippen LogP contribution in [0, 0.1) is 0 Å². The smallest absolute Gasteiger partial charge is 0.335 e. The average molecular weight is 193 g/mol. The standard InChI is InChI=1S/C10H11NO3/c12-10(13)7-2-1-3-8(4-7)11-5-9-6-14-9/h1-4,9,11H,5-6H2,(H,12,13)/t9-/m1/s1. The van der Waals surface area contributed by atoms with Gasteiger partial charge < -0.3 is 15.2 Å². The van der Waals surface area contributed by atoms with Crippen molar-refractivity contribution in [1.82, 2.24) is 0 Å². The van der Waals surface area contributed by atoms with Gasteiger partial charge in [0.1, 0.15) is 0 Å². The topological polar surface area (TPSA) is 61.9 Å². The number of hydrogen-bond donors (Lipinski definition) is 2. The second-order valence-corrected chi connectivity index (χ2v) is 3.22. The zero-order valence-electron chi connectivity index (χ0n) is 7.56. The molecule has 1 aromatic rings. The molecule has 1 heterocycles. The van der Waals surface area contributed by atoms with Crippen LogP contribution in [0.4, 0.5) is 5.69 Å². The lowest BCUT2D eigenvalue weighted by atomic mass is 10.2. The van der Waals surface area contributed by atoms with E-state index in [9.17, 15) is 4.79 Å². The molecule has 1 aromatic carbocycles. The van der Waals surface area contributed by atoms with Crippen molar-refractivity contribution in [3.63, 3.8) is 0 Å². The molecule has 0 saturated carbocycles. The molecular formula is C10H11NO3. The highest BCUT2D eigenvalue weighted by molar-refractivity contribution is 5.88. The molecule has 1 aliphatic heterocycles. The van der Waals surface area contributed by atoms with Gasteiger partial charge in [-0.3, -0.25) is 0 Å². The maximum absolute atomic E-state index is 10.7. The van der Waals surface area contributed by atoms with Gasteiger partial charge in [0.15, 0.2) is 0 Å². The highest BCUT2D eigenvalue weighted by Gasteiger charge is 2.21. The maximum Gasteiger partial charge on any atom is 0.335 e.